The molecule has 0 saturated heterocycles. The van der Waals surface area contributed by atoms with Gasteiger partial charge in [0.2, 0.25) is 0 Å². The molecular formula is C8H15N3. The van der Waals surface area contributed by atoms with Crippen LogP contribution in [-0.4, -0.2) is 16.8 Å². The lowest BCUT2D eigenvalue weighted by Crippen LogP contribution is -2.11. The maximum atomic E-state index is 4.32. The molecule has 1 aromatic heterocycles. The average molecular weight is 153 g/mol. The molecule has 0 atom stereocenters. The largest absolute Gasteiger partial charge is 0.314 e. The Bertz CT molecular complexity index is 227. The van der Waals surface area contributed by atoms with Crippen molar-refractivity contribution in [3.8, 4) is 0 Å². The highest BCUT2D eigenvalue weighted by Crippen LogP contribution is 2.02. The standard InChI is InChI=1S/C8H15N3/c1-4-11-8(6-9-3)5-7(2)10-11/h5,9H,4,6H2,1-3H3. The van der Waals surface area contributed by atoms with Crippen LogP contribution >= 0.6 is 0 Å². The molecular weight excluding hydrogens is 138 g/mol. The molecule has 1 heterocycles. The Labute approximate surface area is 67.4 Å². The second-order valence-corrected chi connectivity index (χ2v) is 2.62. The van der Waals surface area contributed by atoms with Gasteiger partial charge in [0.15, 0.2) is 0 Å². The van der Waals surface area contributed by atoms with Crippen LogP contribution < -0.4 is 5.32 Å². The normalized spacial score (nSPS) is 10.5. The zero-order valence-corrected chi connectivity index (χ0v) is 7.39. The number of nitrogens with zero attached hydrogens (tertiary/aromatic N) is 2. The van der Waals surface area contributed by atoms with Crippen LogP contribution in [0.3, 0.4) is 0 Å². The first-order valence-electron chi connectivity index (χ1n) is 3.96. The van der Waals surface area contributed by atoms with Crippen molar-refractivity contribution in [2.24, 2.45) is 0 Å². The molecule has 0 aliphatic rings. The highest BCUT2D eigenvalue weighted by atomic mass is 15.3. The van der Waals surface area contributed by atoms with Crippen LogP contribution in [-0.2, 0) is 13.1 Å². The first-order chi connectivity index (χ1) is 5.27. The third kappa shape index (κ3) is 1.80. The fourth-order valence-corrected chi connectivity index (χ4v) is 1.20. The van der Waals surface area contributed by atoms with Gasteiger partial charge in [0.05, 0.1) is 11.4 Å². The lowest BCUT2D eigenvalue weighted by molar-refractivity contribution is 0.600. The summed E-state index contributed by atoms with van der Waals surface area (Å²) in [6, 6.07) is 2.11. The van der Waals surface area contributed by atoms with Crippen LogP contribution in [0.25, 0.3) is 0 Å². The molecule has 0 aromatic carbocycles. The molecule has 1 rings (SSSR count). The van der Waals surface area contributed by atoms with Crippen LogP contribution in [0, 0.1) is 6.92 Å². The van der Waals surface area contributed by atoms with E-state index in [-0.39, 0.29) is 0 Å². The van der Waals surface area contributed by atoms with Gasteiger partial charge >= 0.3 is 0 Å². The SMILES string of the molecule is CCn1nc(C)cc1CNC. The van der Waals surface area contributed by atoms with E-state index in [0.29, 0.717) is 0 Å². The maximum Gasteiger partial charge on any atom is 0.0597 e. The van der Waals surface area contributed by atoms with Gasteiger partial charge in [0.25, 0.3) is 0 Å². The Balaban J connectivity index is 2.83. The van der Waals surface area contributed by atoms with E-state index in [0.717, 1.165) is 18.8 Å². The minimum absolute atomic E-state index is 0.898. The van der Waals surface area contributed by atoms with E-state index in [2.05, 4.69) is 23.4 Å². The van der Waals surface area contributed by atoms with Crippen molar-refractivity contribution in [2.45, 2.75) is 26.9 Å². The van der Waals surface area contributed by atoms with Crippen LogP contribution in [0.5, 0.6) is 0 Å². The minimum Gasteiger partial charge on any atom is -0.314 e. The Morgan fingerprint density at radius 2 is 2.36 bits per heavy atom. The van der Waals surface area contributed by atoms with Gasteiger partial charge in [-0.2, -0.15) is 5.10 Å². The van der Waals surface area contributed by atoms with Gasteiger partial charge in [0.1, 0.15) is 0 Å². The van der Waals surface area contributed by atoms with Crippen molar-refractivity contribution >= 4 is 0 Å². The number of hydrogen-bond acceptors (Lipinski definition) is 2. The van der Waals surface area contributed by atoms with E-state index in [1.807, 2.05) is 18.7 Å². The van der Waals surface area contributed by atoms with Crippen molar-refractivity contribution in [3.05, 3.63) is 17.5 Å². The number of nitrogens with one attached hydrogen (secondary N) is 1. The molecule has 0 aliphatic carbocycles. The van der Waals surface area contributed by atoms with Crippen LogP contribution in [0.4, 0.5) is 0 Å². The first-order valence-corrected chi connectivity index (χ1v) is 3.96. The van der Waals surface area contributed by atoms with E-state index >= 15 is 0 Å². The summed E-state index contributed by atoms with van der Waals surface area (Å²) < 4.78 is 2.02. The number of aryl methyl sites for hydroxylation is 2. The topological polar surface area (TPSA) is 29.9 Å². The first kappa shape index (κ1) is 8.27. The Kier molecular flexibility index (Phi) is 2.65. The van der Waals surface area contributed by atoms with Crippen molar-refractivity contribution in [2.75, 3.05) is 7.05 Å². The van der Waals surface area contributed by atoms with Crippen molar-refractivity contribution < 1.29 is 0 Å². The second kappa shape index (κ2) is 3.53. The van der Waals surface area contributed by atoms with Crippen molar-refractivity contribution in [1.82, 2.24) is 15.1 Å². The van der Waals surface area contributed by atoms with E-state index in [4.69, 9.17) is 0 Å². The summed E-state index contributed by atoms with van der Waals surface area (Å²) in [5.41, 5.74) is 2.35. The summed E-state index contributed by atoms with van der Waals surface area (Å²) in [6.07, 6.45) is 0. The van der Waals surface area contributed by atoms with Gasteiger partial charge in [-0.1, -0.05) is 0 Å². The molecule has 0 fully saturated rings. The minimum atomic E-state index is 0.898. The van der Waals surface area contributed by atoms with Gasteiger partial charge in [-0.05, 0) is 27.0 Å². The lowest BCUT2D eigenvalue weighted by atomic mass is 10.3. The monoisotopic (exact) mass is 153 g/mol. The molecule has 0 aliphatic heterocycles. The third-order valence-corrected chi connectivity index (χ3v) is 1.64. The summed E-state index contributed by atoms with van der Waals surface area (Å²) in [5, 5.41) is 7.44. The molecule has 3 nitrogen and oxygen atoms in total. The summed E-state index contributed by atoms with van der Waals surface area (Å²) >= 11 is 0. The molecule has 0 bridgehead atoms. The lowest BCUT2D eigenvalue weighted by Gasteiger charge is -2.01. The predicted octanol–water partition coefficient (Wildman–Crippen LogP) is 0.931. The number of aromatic nitrogens is 2. The van der Waals surface area contributed by atoms with Crippen LogP contribution in [0.15, 0.2) is 6.07 Å². The summed E-state index contributed by atoms with van der Waals surface area (Å²) in [5.74, 6) is 0. The highest BCUT2D eigenvalue weighted by Gasteiger charge is 2.00. The van der Waals surface area contributed by atoms with Gasteiger partial charge < -0.3 is 5.32 Å². The number of hydrogen-bond donors (Lipinski definition) is 1. The smallest absolute Gasteiger partial charge is 0.0597 e. The zero-order chi connectivity index (χ0) is 8.27. The Morgan fingerprint density at radius 3 is 2.91 bits per heavy atom. The van der Waals surface area contributed by atoms with E-state index in [1.165, 1.54) is 5.69 Å². The predicted molar refractivity (Wildman–Crippen MR) is 45.4 cm³/mol. The molecule has 3 heteroatoms. The van der Waals surface area contributed by atoms with Crippen LogP contribution in [0.1, 0.15) is 18.3 Å². The van der Waals surface area contributed by atoms with Gasteiger partial charge in [-0.15, -0.1) is 0 Å². The Morgan fingerprint density at radius 1 is 1.64 bits per heavy atom. The van der Waals surface area contributed by atoms with Gasteiger partial charge in [-0.3, -0.25) is 4.68 Å². The van der Waals surface area contributed by atoms with Gasteiger partial charge in [-0.25, -0.2) is 0 Å². The van der Waals surface area contributed by atoms with E-state index in [1.54, 1.807) is 0 Å². The van der Waals surface area contributed by atoms with Crippen LogP contribution in [0.2, 0.25) is 0 Å². The molecule has 1 N–H and O–H groups in total. The quantitative estimate of drug-likeness (QED) is 0.700. The summed E-state index contributed by atoms with van der Waals surface area (Å²) in [6.45, 7) is 5.97. The molecule has 1 aromatic rings. The maximum absolute atomic E-state index is 4.32. The van der Waals surface area contributed by atoms with Crippen molar-refractivity contribution in [1.29, 1.82) is 0 Å². The summed E-state index contributed by atoms with van der Waals surface area (Å²) in [4.78, 5) is 0. The highest BCUT2D eigenvalue weighted by molar-refractivity contribution is 5.08. The Hall–Kier alpha value is -0.830. The molecule has 0 amide bonds. The van der Waals surface area contributed by atoms with E-state index < -0.39 is 0 Å². The van der Waals surface area contributed by atoms with E-state index in [9.17, 15) is 0 Å². The van der Waals surface area contributed by atoms with Gasteiger partial charge in [0, 0.05) is 13.1 Å². The molecule has 0 radical (unpaired) electrons. The molecule has 0 unspecified atom stereocenters. The summed E-state index contributed by atoms with van der Waals surface area (Å²) in [7, 11) is 1.95. The zero-order valence-electron chi connectivity index (χ0n) is 7.39. The molecule has 11 heavy (non-hydrogen) atoms. The van der Waals surface area contributed by atoms with Crippen molar-refractivity contribution in [3.63, 3.8) is 0 Å². The fourth-order valence-electron chi connectivity index (χ4n) is 1.20. The third-order valence-electron chi connectivity index (χ3n) is 1.64. The average Bonchev–Trinajstić information content (AvgIpc) is 2.32. The fraction of sp³-hybridized carbons (Fsp3) is 0.625. The molecule has 0 spiro atoms. The number of rotatable bonds is 3. The second-order valence-electron chi connectivity index (χ2n) is 2.62. The molecule has 62 valence electrons. The molecule has 0 saturated carbocycles.